The molecule has 1 rings (SSSR count). The number of hydrogen-bond donors (Lipinski definition) is 1. The Morgan fingerprint density at radius 3 is 2.95 bits per heavy atom. The highest BCUT2D eigenvalue weighted by Gasteiger charge is 1.92. The van der Waals surface area contributed by atoms with Crippen LogP contribution in [0.1, 0.15) is 32.4 Å². The molecule has 0 aliphatic carbocycles. The zero-order valence-electron chi connectivity index (χ0n) is 11.9. The third-order valence-electron chi connectivity index (χ3n) is 2.40. The lowest BCUT2D eigenvalue weighted by Gasteiger charge is -1.93. The number of rotatable bonds is 3. The smallest absolute Gasteiger partial charge is 0.120 e. The Morgan fingerprint density at radius 2 is 2.20 bits per heavy atom. The topological polar surface area (TPSA) is 28.7 Å². The van der Waals surface area contributed by atoms with Gasteiger partial charge in [0.2, 0.25) is 0 Å². The van der Waals surface area contributed by atoms with Crippen LogP contribution in [0, 0.1) is 11.8 Å². The molecule has 1 aromatic heterocycles. The van der Waals surface area contributed by atoms with E-state index in [-0.39, 0.29) is 5.83 Å². The van der Waals surface area contributed by atoms with E-state index in [4.69, 9.17) is 0 Å². The van der Waals surface area contributed by atoms with Crippen molar-refractivity contribution in [2.24, 2.45) is 0 Å². The Bertz CT molecular complexity index is 560. The van der Waals surface area contributed by atoms with Crippen molar-refractivity contribution in [1.82, 2.24) is 9.97 Å². The second-order valence-electron chi connectivity index (χ2n) is 4.00. The summed E-state index contributed by atoms with van der Waals surface area (Å²) in [5, 5.41) is 0. The maximum absolute atomic E-state index is 13.4. The average Bonchev–Trinajstić information content (AvgIpc) is 2.57. The first kappa shape index (κ1) is 15.7. The fourth-order valence-corrected chi connectivity index (χ4v) is 1.39. The number of aromatic nitrogens is 2. The normalized spacial score (nSPS) is 11.3. The van der Waals surface area contributed by atoms with Gasteiger partial charge in [-0.1, -0.05) is 31.9 Å². The monoisotopic (exact) mass is 270 g/mol. The Kier molecular flexibility index (Phi) is 7.52. The Balaban J connectivity index is 3.03. The zero-order chi connectivity index (χ0) is 14.6. The van der Waals surface area contributed by atoms with Crippen LogP contribution in [0.3, 0.4) is 0 Å². The minimum atomic E-state index is -0.235. The first-order valence-electron chi connectivity index (χ1n) is 6.66. The summed E-state index contributed by atoms with van der Waals surface area (Å²) < 4.78 is 13.4. The molecule has 2 nitrogen and oxygen atoms in total. The summed E-state index contributed by atoms with van der Waals surface area (Å²) >= 11 is 0. The molecule has 1 N–H and O–H groups in total. The van der Waals surface area contributed by atoms with E-state index in [0.29, 0.717) is 18.5 Å². The van der Waals surface area contributed by atoms with Crippen molar-refractivity contribution in [3.8, 4) is 11.8 Å². The lowest BCUT2D eigenvalue weighted by atomic mass is 10.1. The van der Waals surface area contributed by atoms with E-state index >= 15 is 0 Å². The summed E-state index contributed by atoms with van der Waals surface area (Å²) in [6.45, 7) is 3.85. The van der Waals surface area contributed by atoms with Crippen molar-refractivity contribution in [2.45, 2.75) is 26.7 Å². The number of H-pyrrole nitrogens is 1. The molecule has 0 atom stereocenters. The summed E-state index contributed by atoms with van der Waals surface area (Å²) in [4.78, 5) is 6.98. The van der Waals surface area contributed by atoms with Gasteiger partial charge >= 0.3 is 0 Å². The van der Waals surface area contributed by atoms with Crippen LogP contribution in [0.25, 0.3) is 0 Å². The maximum atomic E-state index is 13.4. The predicted molar refractivity (Wildman–Crippen MR) is 80.9 cm³/mol. The lowest BCUT2D eigenvalue weighted by Crippen LogP contribution is -1.80. The zero-order valence-corrected chi connectivity index (χ0v) is 11.9. The molecule has 0 aliphatic heterocycles. The van der Waals surface area contributed by atoms with Gasteiger partial charge in [-0.25, -0.2) is 9.37 Å². The van der Waals surface area contributed by atoms with Crippen LogP contribution >= 0.6 is 0 Å². The molecule has 1 aromatic rings. The average molecular weight is 270 g/mol. The largest absolute Gasteiger partial charge is 0.339 e. The Labute approximate surface area is 119 Å². The molecular weight excluding hydrogens is 251 g/mol. The molecule has 0 spiro atoms. The quantitative estimate of drug-likeness (QED) is 0.636. The van der Waals surface area contributed by atoms with Crippen LogP contribution in [-0.4, -0.2) is 9.97 Å². The lowest BCUT2D eigenvalue weighted by molar-refractivity contribution is 0.659. The maximum Gasteiger partial charge on any atom is 0.120 e. The van der Waals surface area contributed by atoms with Crippen LogP contribution in [0.15, 0.2) is 60.3 Å². The van der Waals surface area contributed by atoms with Crippen LogP contribution in [0.4, 0.5) is 4.39 Å². The van der Waals surface area contributed by atoms with Gasteiger partial charge in [0, 0.05) is 11.8 Å². The van der Waals surface area contributed by atoms with Gasteiger partial charge in [0.05, 0.1) is 12.0 Å². The molecule has 0 aromatic carbocycles. The number of allylic oxidation sites excluding steroid dienone is 4. The Hall–Kier alpha value is -2.34. The van der Waals surface area contributed by atoms with Crippen LogP contribution in [0.5, 0.6) is 0 Å². The van der Waals surface area contributed by atoms with Crippen molar-refractivity contribution in [2.75, 3.05) is 0 Å². The summed E-state index contributed by atoms with van der Waals surface area (Å²) in [6, 6.07) is 7.41. The molecule has 20 heavy (non-hydrogen) atoms. The number of nitrogens with one attached hydrogen (secondary N) is 1. The summed E-state index contributed by atoms with van der Waals surface area (Å²) in [5.74, 6) is 5.73. The third-order valence-corrected chi connectivity index (χ3v) is 2.40. The minimum absolute atomic E-state index is 0.235. The van der Waals surface area contributed by atoms with E-state index in [2.05, 4.69) is 21.8 Å². The highest BCUT2D eigenvalue weighted by Crippen LogP contribution is 2.08. The van der Waals surface area contributed by atoms with Crippen molar-refractivity contribution in [1.29, 1.82) is 0 Å². The van der Waals surface area contributed by atoms with Crippen LogP contribution in [0.2, 0.25) is 0 Å². The molecule has 0 aliphatic rings. The van der Waals surface area contributed by atoms with Crippen LogP contribution < -0.4 is 0 Å². The molecule has 104 valence electrons. The first-order chi connectivity index (χ1) is 9.76. The predicted octanol–water partition coefficient (Wildman–Crippen LogP) is 4.49. The minimum Gasteiger partial charge on any atom is -0.339 e. The van der Waals surface area contributed by atoms with Crippen molar-refractivity contribution in [3.05, 3.63) is 66.0 Å². The molecule has 1 heterocycles. The van der Waals surface area contributed by atoms with E-state index in [0.717, 1.165) is 5.57 Å². The molecule has 0 unspecified atom stereocenters. The van der Waals surface area contributed by atoms with Gasteiger partial charge in [-0.3, -0.25) is 0 Å². The highest BCUT2D eigenvalue weighted by molar-refractivity contribution is 5.39. The molecule has 0 saturated carbocycles. The van der Waals surface area contributed by atoms with E-state index in [1.54, 1.807) is 12.5 Å². The highest BCUT2D eigenvalue weighted by atomic mass is 19.1. The van der Waals surface area contributed by atoms with E-state index in [1.807, 2.05) is 38.1 Å². The summed E-state index contributed by atoms with van der Waals surface area (Å²) in [7, 11) is 0. The van der Waals surface area contributed by atoms with Gasteiger partial charge in [0.25, 0.3) is 0 Å². The van der Waals surface area contributed by atoms with Crippen molar-refractivity contribution < 1.29 is 4.39 Å². The molecule has 3 heteroatoms. The van der Waals surface area contributed by atoms with Gasteiger partial charge in [0.15, 0.2) is 0 Å². The molecular formula is C17H19FN2. The van der Waals surface area contributed by atoms with Gasteiger partial charge < -0.3 is 4.98 Å². The van der Waals surface area contributed by atoms with Gasteiger partial charge in [-0.2, -0.15) is 0 Å². The van der Waals surface area contributed by atoms with Gasteiger partial charge in [-0.15, -0.1) is 0 Å². The standard InChI is InChI=1S/C17H19FN2/c1-3-8-16(18)13-15(4-2)10-11-17-9-6-5-7-12-19-14-20-17/h5-9,12-14H,3-4H2,1-2H3,(H,19,20)/b6-5?,12-7?,15-13+,16-8+,17-9?. The SMILES string of the molecule is CC/C=C(F)\C=C(\C#Cc1cccccnc[nH]1)CC. The molecule has 0 bridgehead atoms. The molecule has 0 radical (unpaired) electrons. The van der Waals surface area contributed by atoms with Crippen molar-refractivity contribution in [3.63, 3.8) is 0 Å². The first-order valence-corrected chi connectivity index (χ1v) is 6.66. The Morgan fingerprint density at radius 1 is 1.35 bits per heavy atom. The number of aromatic amines is 1. The number of halogens is 1. The van der Waals surface area contributed by atoms with Gasteiger partial charge in [-0.05, 0) is 43.0 Å². The van der Waals surface area contributed by atoms with Gasteiger partial charge in [0.1, 0.15) is 5.83 Å². The number of hydrogen-bond acceptors (Lipinski definition) is 1. The number of nitrogens with zero attached hydrogens (tertiary/aromatic N) is 1. The summed E-state index contributed by atoms with van der Waals surface area (Å²) in [5.41, 5.74) is 1.47. The van der Waals surface area contributed by atoms with Crippen molar-refractivity contribution >= 4 is 0 Å². The fourth-order valence-electron chi connectivity index (χ4n) is 1.39. The molecule has 0 amide bonds. The molecule has 0 saturated heterocycles. The van der Waals surface area contributed by atoms with E-state index in [1.165, 1.54) is 12.2 Å². The summed E-state index contributed by atoms with van der Waals surface area (Å²) in [6.07, 6.45) is 7.63. The van der Waals surface area contributed by atoms with E-state index in [9.17, 15) is 4.39 Å². The fraction of sp³-hybridized carbons (Fsp3) is 0.235. The third kappa shape index (κ3) is 6.55. The molecule has 0 fully saturated rings. The second-order valence-corrected chi connectivity index (χ2v) is 4.00. The van der Waals surface area contributed by atoms with Crippen LogP contribution in [-0.2, 0) is 0 Å². The van der Waals surface area contributed by atoms with E-state index < -0.39 is 0 Å². The second kappa shape index (κ2) is 9.57.